The zero-order chi connectivity index (χ0) is 84.1. The van der Waals surface area contributed by atoms with Gasteiger partial charge >= 0.3 is 0 Å². The fourth-order valence-corrected chi connectivity index (χ4v) is 12.9. The van der Waals surface area contributed by atoms with Crippen LogP contribution in [0.3, 0.4) is 0 Å². The van der Waals surface area contributed by atoms with Crippen LogP contribution in [-0.4, -0.2) is 126 Å². The van der Waals surface area contributed by atoms with Crippen LogP contribution < -0.4 is 20.4 Å². The summed E-state index contributed by atoms with van der Waals surface area (Å²) in [6.45, 7) is 54.8. The minimum atomic E-state index is 0.358. The summed E-state index contributed by atoms with van der Waals surface area (Å²) in [4.78, 5) is 68.9. The Morgan fingerprint density at radius 2 is 1.00 bits per heavy atom. The van der Waals surface area contributed by atoms with E-state index in [1.54, 1.807) is 30.1 Å². The molecule has 1 saturated carbocycles. The summed E-state index contributed by atoms with van der Waals surface area (Å²) in [5.74, 6) is 9.87. The van der Waals surface area contributed by atoms with Gasteiger partial charge in [0.15, 0.2) is 0 Å². The van der Waals surface area contributed by atoms with Crippen LogP contribution in [0.15, 0.2) is 140 Å². The molecule has 115 heavy (non-hydrogen) atoms. The fraction of sp³-hybridized carbons (Fsp3) is 0.522. The summed E-state index contributed by atoms with van der Waals surface area (Å²) >= 11 is 7.64. The number of anilines is 4. The third-order valence-electron chi connectivity index (χ3n) is 18.9. The van der Waals surface area contributed by atoms with E-state index in [1.165, 1.54) is 36.9 Å². The molecule has 0 radical (unpaired) electrons. The maximum absolute atomic E-state index is 9.16. The van der Waals surface area contributed by atoms with Gasteiger partial charge in [0, 0.05) is 152 Å². The summed E-state index contributed by atoms with van der Waals surface area (Å²) in [7, 11) is 0. The third-order valence-corrected chi connectivity index (χ3v) is 20.1. The predicted molar refractivity (Wildman–Crippen MR) is 475 cm³/mol. The molecule has 1 aliphatic carbocycles. The van der Waals surface area contributed by atoms with Crippen LogP contribution in [-0.2, 0) is 4.74 Å². The Bertz CT molecular complexity index is 4360. The number of nitrogens with zero attached hydrogens (tertiary/aromatic N) is 18. The molecule has 21 nitrogen and oxygen atoms in total. The number of thiazole rings is 1. The van der Waals surface area contributed by atoms with Crippen LogP contribution in [0.2, 0.25) is 5.02 Å². The van der Waals surface area contributed by atoms with Crippen LogP contribution in [0, 0.1) is 43.9 Å². The molecule has 2 N–H and O–H groups in total. The molecule has 10 aromatic heterocycles. The van der Waals surface area contributed by atoms with Gasteiger partial charge in [0.25, 0.3) is 0 Å². The minimum absolute atomic E-state index is 0.358. The number of rotatable bonds is 16. The first-order valence-electron chi connectivity index (χ1n) is 41.3. The molecule has 0 aromatic carbocycles. The molecule has 3 saturated heterocycles. The maximum atomic E-state index is 9.16. The Labute approximate surface area is 697 Å². The molecule has 3 unspecified atom stereocenters. The van der Waals surface area contributed by atoms with E-state index in [2.05, 4.69) is 264 Å². The Kier molecular flexibility index (Phi) is 40.6. The average molecular weight is 1600 g/mol. The third kappa shape index (κ3) is 34.5. The molecule has 10 aromatic rings. The second kappa shape index (κ2) is 49.5. The number of nitrogens with one attached hydrogen (secondary N) is 2. The number of pyridine rings is 4. The standard InChI is InChI=1S/C14H19N3.C12H19N3O.C12H19N3.C11H12N2S.C10H15N3.C9H12ClN.C9H13N.C8H12N2.C7H10N2/c1-10(2)13-5-4-12(8-15)14(16-13)17-7-6-11(3)9-17;1-9(2)11-5-6-13-12(15-11)14-10-4-3-7-16-8-10;1-9(2)11-4-6-13-12(14-11)15-7-5-10(3)8-15;1-8(2)10-7-14-11(13-10)9-4-3-5-12-6-9;1-7(2)9-5-6-11-10(13-9)12-8-3-4-8;1-6(2)9-8(10)4-7(3)5-11-9;1-7(2)9-5-4-8(3)6-10-9;1-6(2)8-9-4-7(3)5-10-8;1-6(2)7-3-4-8-5-9-7/h4-5,10-11H,6-7,9H2,1-3H3;5-6,9-10H,3-4,7-8H2,1-2H3,(H,13,14,15);4,6,9-10H,5,7-8H2,1-3H3;3-8H,1-2H3;5-8H,3-4H2,1-2H3,(H,11,12,13);4-6H,1-3H3;4-7H,1-3H3;4-6H,1-3H3;3-6H,1-2H3. The minimum Gasteiger partial charge on any atom is -0.379 e. The van der Waals surface area contributed by atoms with Gasteiger partial charge in [-0.05, 0) is 196 Å². The fourth-order valence-electron chi connectivity index (χ4n) is 11.5. The topological polar surface area (TPSA) is 257 Å². The van der Waals surface area contributed by atoms with Crippen LogP contribution in [0.1, 0.15) is 304 Å². The van der Waals surface area contributed by atoms with E-state index in [-0.39, 0.29) is 0 Å². The first kappa shape index (κ1) is 94.4. The second-order valence-electron chi connectivity index (χ2n) is 32.9. The second-order valence-corrected chi connectivity index (χ2v) is 34.1. The number of hydrogen-bond acceptors (Lipinski definition) is 22. The zero-order valence-electron chi connectivity index (χ0n) is 73.0. The zero-order valence-corrected chi connectivity index (χ0v) is 74.6. The Morgan fingerprint density at radius 1 is 0.470 bits per heavy atom. The smallest absolute Gasteiger partial charge is 0.225 e. The quantitative estimate of drug-likeness (QED) is 0.0911. The van der Waals surface area contributed by atoms with Gasteiger partial charge in [0.05, 0.1) is 34.6 Å². The Morgan fingerprint density at radius 3 is 1.46 bits per heavy atom. The van der Waals surface area contributed by atoms with Gasteiger partial charge in [-0.2, -0.15) is 5.26 Å². The number of ether oxygens (including phenoxy) is 1. The molecule has 3 aliphatic heterocycles. The van der Waals surface area contributed by atoms with Gasteiger partial charge < -0.3 is 25.2 Å². The lowest BCUT2D eigenvalue weighted by Crippen LogP contribution is -2.30. The lowest BCUT2D eigenvalue weighted by molar-refractivity contribution is 0.0874. The van der Waals surface area contributed by atoms with E-state index < -0.39 is 0 Å². The van der Waals surface area contributed by atoms with Crippen molar-refractivity contribution in [2.24, 2.45) is 11.8 Å². The van der Waals surface area contributed by atoms with Crippen molar-refractivity contribution in [3.05, 3.63) is 219 Å². The number of nitriles is 1. The molecule has 0 amide bonds. The molecule has 23 heteroatoms. The molecule has 14 rings (SSSR count). The Balaban J connectivity index is 0.000000203. The molecular formula is C92H131ClN20OS. The van der Waals surface area contributed by atoms with Gasteiger partial charge in [-0.25, -0.2) is 59.8 Å². The highest BCUT2D eigenvalue weighted by Crippen LogP contribution is 2.30. The number of aromatic nitrogens is 15. The van der Waals surface area contributed by atoms with E-state index in [4.69, 9.17) is 21.6 Å². The van der Waals surface area contributed by atoms with Crippen molar-refractivity contribution in [2.75, 3.05) is 59.8 Å². The van der Waals surface area contributed by atoms with E-state index in [0.717, 1.165) is 154 Å². The van der Waals surface area contributed by atoms with E-state index in [9.17, 15) is 0 Å². The summed E-state index contributed by atoms with van der Waals surface area (Å²) < 4.78 is 5.41. The SMILES string of the molecule is CC(C)c1ccnc(NC2CC2)n1.CC(C)c1ccnc(NC2CCCOC2)n1.CC(C)c1ccncn1.CC(C)c1csc(-c2cccnc2)n1.CC1CCN(c2nc(C(C)C)ccc2C#N)C1.CC1CCN(c2nccc(C(C)C)n2)C1.Cc1ccc(C(C)C)nc1.Cc1cnc(C(C)C)c(Cl)c1.Cc1cnc(C(C)C)nc1. The summed E-state index contributed by atoms with van der Waals surface area (Å²) in [6, 6.07) is 25.1. The average Bonchev–Trinajstić information content (AvgIpc) is 1.77. The molecular weight excluding hydrogens is 1470 g/mol. The van der Waals surface area contributed by atoms with E-state index in [1.807, 2.05) is 118 Å². The van der Waals surface area contributed by atoms with Crippen molar-refractivity contribution < 1.29 is 4.74 Å². The van der Waals surface area contributed by atoms with Crippen molar-refractivity contribution in [1.82, 2.24) is 74.8 Å². The first-order valence-corrected chi connectivity index (χ1v) is 42.6. The van der Waals surface area contributed by atoms with E-state index in [0.29, 0.717) is 76.8 Å². The highest BCUT2D eigenvalue weighted by atomic mass is 35.5. The van der Waals surface area contributed by atoms with Gasteiger partial charge in [-0.1, -0.05) is 156 Å². The van der Waals surface area contributed by atoms with Crippen LogP contribution in [0.4, 0.5) is 23.7 Å². The normalized spacial score (nSPS) is 15.4. The van der Waals surface area contributed by atoms with Gasteiger partial charge in [-0.3, -0.25) is 15.0 Å². The maximum Gasteiger partial charge on any atom is 0.225 e. The van der Waals surface area contributed by atoms with Gasteiger partial charge in [0.1, 0.15) is 29.0 Å². The van der Waals surface area contributed by atoms with Crippen molar-refractivity contribution >= 4 is 46.6 Å². The highest BCUT2D eigenvalue weighted by molar-refractivity contribution is 7.13. The lowest BCUT2D eigenvalue weighted by atomic mass is 10.1. The number of aryl methyl sites for hydroxylation is 3. The summed E-state index contributed by atoms with van der Waals surface area (Å²) in [6.07, 6.45) is 27.2. The molecule has 4 aliphatic rings. The lowest BCUT2D eigenvalue weighted by Gasteiger charge is -2.23. The molecule has 3 atom stereocenters. The van der Waals surface area contributed by atoms with Crippen LogP contribution in [0.25, 0.3) is 10.6 Å². The molecule has 13 heterocycles. The van der Waals surface area contributed by atoms with Crippen molar-refractivity contribution in [2.45, 2.75) is 263 Å². The molecule has 4 fully saturated rings. The number of halogens is 1. The summed E-state index contributed by atoms with van der Waals surface area (Å²) in [5, 5.41) is 19.7. The highest BCUT2D eigenvalue weighted by Gasteiger charge is 2.25. The molecule has 0 bridgehead atoms. The van der Waals surface area contributed by atoms with E-state index >= 15 is 0 Å². The van der Waals surface area contributed by atoms with Gasteiger partial charge in [-0.15, -0.1) is 11.3 Å². The Hall–Kier alpha value is -9.43. The van der Waals surface area contributed by atoms with Crippen molar-refractivity contribution in [1.29, 1.82) is 5.26 Å². The first-order chi connectivity index (χ1) is 54.9. The number of hydrogen-bond donors (Lipinski definition) is 2. The van der Waals surface area contributed by atoms with Crippen molar-refractivity contribution in [3.63, 3.8) is 0 Å². The predicted octanol–water partition coefficient (Wildman–Crippen LogP) is 22.3. The molecule has 618 valence electrons. The summed E-state index contributed by atoms with van der Waals surface area (Å²) in [5.41, 5.74) is 14.1. The van der Waals surface area contributed by atoms with Gasteiger partial charge in [0.2, 0.25) is 17.8 Å². The largest absolute Gasteiger partial charge is 0.379 e. The molecule has 0 spiro atoms. The van der Waals surface area contributed by atoms with Crippen LogP contribution >= 0.6 is 22.9 Å². The van der Waals surface area contributed by atoms with Crippen molar-refractivity contribution in [3.8, 4) is 16.6 Å². The van der Waals surface area contributed by atoms with Crippen LogP contribution in [0.5, 0.6) is 0 Å². The monoisotopic (exact) mass is 1600 g/mol.